The Morgan fingerprint density at radius 2 is 0.885 bits per heavy atom. The summed E-state index contributed by atoms with van der Waals surface area (Å²) in [5.41, 5.74) is 8.16. The Bertz CT molecular complexity index is 870. The largest absolute Gasteiger partial charge is 0.0622 e. The third kappa shape index (κ3) is 4.07. The molecule has 0 aliphatic carbocycles. The second-order valence-electron chi connectivity index (χ2n) is 9.24. The third-order valence-corrected chi connectivity index (χ3v) is 4.99. The second-order valence-corrected chi connectivity index (χ2v) is 9.24. The monoisotopic (exact) mass is 342 g/mol. The number of rotatable bonds is 2. The van der Waals surface area contributed by atoms with Gasteiger partial charge in [0.2, 0.25) is 0 Å². The molecular formula is C26H30. The van der Waals surface area contributed by atoms with Crippen LogP contribution in [0.2, 0.25) is 0 Å². The molecule has 134 valence electrons. The van der Waals surface area contributed by atoms with E-state index in [0.29, 0.717) is 0 Å². The topological polar surface area (TPSA) is 0 Å². The minimum atomic E-state index is 0.116. The standard InChI is InChI=1S/C26H30/c1-25(2,3)23-14-12-20(13-15-23)22-16-21(19-10-8-7-9-11-19)17-24(18-22)26(4,5)6/h7-18H,1-6H3. The zero-order valence-corrected chi connectivity index (χ0v) is 16.9. The van der Waals surface area contributed by atoms with Gasteiger partial charge in [0.1, 0.15) is 0 Å². The molecule has 0 aromatic heterocycles. The van der Waals surface area contributed by atoms with E-state index in [1.54, 1.807) is 0 Å². The van der Waals surface area contributed by atoms with E-state index < -0.39 is 0 Å². The van der Waals surface area contributed by atoms with Gasteiger partial charge in [0.25, 0.3) is 0 Å². The highest BCUT2D eigenvalue weighted by Crippen LogP contribution is 2.34. The van der Waals surface area contributed by atoms with Gasteiger partial charge in [0, 0.05) is 0 Å². The summed E-state index contributed by atoms with van der Waals surface area (Å²) in [6, 6.07) is 26.7. The lowest BCUT2D eigenvalue weighted by molar-refractivity contribution is 0.590. The summed E-state index contributed by atoms with van der Waals surface area (Å²) in [4.78, 5) is 0. The SMILES string of the molecule is CC(C)(C)c1ccc(-c2cc(-c3ccccc3)cc(C(C)(C)C)c2)cc1. The van der Waals surface area contributed by atoms with E-state index in [1.807, 2.05) is 0 Å². The Balaban J connectivity index is 2.12. The minimum Gasteiger partial charge on any atom is -0.0622 e. The van der Waals surface area contributed by atoms with Crippen LogP contribution in [0.15, 0.2) is 72.8 Å². The van der Waals surface area contributed by atoms with E-state index in [9.17, 15) is 0 Å². The molecule has 0 heterocycles. The van der Waals surface area contributed by atoms with Crippen molar-refractivity contribution in [3.8, 4) is 22.3 Å². The van der Waals surface area contributed by atoms with Crippen molar-refractivity contribution in [1.29, 1.82) is 0 Å². The van der Waals surface area contributed by atoms with Crippen molar-refractivity contribution in [2.75, 3.05) is 0 Å². The fourth-order valence-electron chi connectivity index (χ4n) is 3.19. The van der Waals surface area contributed by atoms with Gasteiger partial charge < -0.3 is 0 Å². The van der Waals surface area contributed by atoms with E-state index in [2.05, 4.69) is 114 Å². The molecular weight excluding hydrogens is 312 g/mol. The smallest absolute Gasteiger partial charge is 0.0131 e. The van der Waals surface area contributed by atoms with Gasteiger partial charge in [0.05, 0.1) is 0 Å². The van der Waals surface area contributed by atoms with E-state index in [0.717, 1.165) is 0 Å². The van der Waals surface area contributed by atoms with Crippen LogP contribution in [0.4, 0.5) is 0 Å². The predicted octanol–water partition coefficient (Wildman–Crippen LogP) is 7.62. The van der Waals surface area contributed by atoms with Crippen LogP contribution in [-0.4, -0.2) is 0 Å². The van der Waals surface area contributed by atoms with Crippen LogP contribution in [-0.2, 0) is 10.8 Å². The Morgan fingerprint density at radius 1 is 0.423 bits per heavy atom. The first-order valence-corrected chi connectivity index (χ1v) is 9.46. The Labute approximate surface area is 158 Å². The van der Waals surface area contributed by atoms with Gasteiger partial charge in [-0.1, -0.05) is 108 Å². The summed E-state index contributed by atoms with van der Waals surface area (Å²) >= 11 is 0. The first-order chi connectivity index (χ1) is 12.1. The lowest BCUT2D eigenvalue weighted by Crippen LogP contribution is -2.11. The molecule has 0 radical (unpaired) electrons. The highest BCUT2D eigenvalue weighted by molar-refractivity contribution is 5.74. The van der Waals surface area contributed by atoms with Crippen molar-refractivity contribution in [3.63, 3.8) is 0 Å². The van der Waals surface area contributed by atoms with Crippen LogP contribution in [0, 0.1) is 0 Å². The van der Waals surface area contributed by atoms with E-state index >= 15 is 0 Å². The number of hydrogen-bond donors (Lipinski definition) is 0. The van der Waals surface area contributed by atoms with Crippen molar-refractivity contribution in [2.24, 2.45) is 0 Å². The maximum atomic E-state index is 2.35. The fraction of sp³-hybridized carbons (Fsp3) is 0.308. The average molecular weight is 343 g/mol. The summed E-state index contributed by atoms with van der Waals surface area (Å²) in [7, 11) is 0. The quantitative estimate of drug-likeness (QED) is 0.449. The molecule has 0 amide bonds. The molecule has 3 aromatic rings. The summed E-state index contributed by atoms with van der Waals surface area (Å²) in [6.07, 6.45) is 0. The average Bonchev–Trinajstić information content (AvgIpc) is 2.61. The van der Waals surface area contributed by atoms with Crippen molar-refractivity contribution in [1.82, 2.24) is 0 Å². The van der Waals surface area contributed by atoms with Crippen molar-refractivity contribution < 1.29 is 0 Å². The maximum absolute atomic E-state index is 2.35. The summed E-state index contributed by atoms with van der Waals surface area (Å²) in [5.74, 6) is 0. The highest BCUT2D eigenvalue weighted by Gasteiger charge is 2.17. The first-order valence-electron chi connectivity index (χ1n) is 9.46. The molecule has 3 rings (SSSR count). The van der Waals surface area contributed by atoms with Crippen LogP contribution in [0.5, 0.6) is 0 Å². The summed E-state index contributed by atoms with van der Waals surface area (Å²) in [6.45, 7) is 13.6. The molecule has 0 spiro atoms. The van der Waals surface area contributed by atoms with Crippen LogP contribution < -0.4 is 0 Å². The molecule has 0 saturated heterocycles. The minimum absolute atomic E-state index is 0.116. The number of benzene rings is 3. The predicted molar refractivity (Wildman–Crippen MR) is 115 cm³/mol. The molecule has 0 atom stereocenters. The molecule has 0 nitrogen and oxygen atoms in total. The van der Waals surface area contributed by atoms with Gasteiger partial charge in [0.15, 0.2) is 0 Å². The van der Waals surface area contributed by atoms with E-state index in [-0.39, 0.29) is 10.8 Å². The van der Waals surface area contributed by atoms with Crippen LogP contribution in [0.1, 0.15) is 52.7 Å². The summed E-state index contributed by atoms with van der Waals surface area (Å²) < 4.78 is 0. The summed E-state index contributed by atoms with van der Waals surface area (Å²) in [5, 5.41) is 0. The van der Waals surface area contributed by atoms with Crippen molar-refractivity contribution in [2.45, 2.75) is 52.4 Å². The Kier molecular flexibility index (Phi) is 4.80. The zero-order chi connectivity index (χ0) is 18.9. The highest BCUT2D eigenvalue weighted by atomic mass is 14.2. The van der Waals surface area contributed by atoms with Crippen molar-refractivity contribution >= 4 is 0 Å². The molecule has 0 heteroatoms. The lowest BCUT2D eigenvalue weighted by Gasteiger charge is -2.22. The first kappa shape index (κ1) is 18.5. The Hall–Kier alpha value is -2.34. The number of hydrogen-bond acceptors (Lipinski definition) is 0. The molecule has 0 unspecified atom stereocenters. The Morgan fingerprint density at radius 3 is 1.35 bits per heavy atom. The molecule has 3 aromatic carbocycles. The lowest BCUT2D eigenvalue weighted by atomic mass is 9.82. The maximum Gasteiger partial charge on any atom is -0.0131 e. The van der Waals surface area contributed by atoms with Crippen LogP contribution in [0.25, 0.3) is 22.3 Å². The normalized spacial score (nSPS) is 12.2. The molecule has 0 N–H and O–H groups in total. The molecule has 0 aliphatic heterocycles. The molecule has 0 fully saturated rings. The molecule has 0 bridgehead atoms. The van der Waals surface area contributed by atoms with Gasteiger partial charge >= 0.3 is 0 Å². The second kappa shape index (κ2) is 6.76. The molecule has 0 aliphatic rings. The van der Waals surface area contributed by atoms with Gasteiger partial charge in [-0.25, -0.2) is 0 Å². The van der Waals surface area contributed by atoms with Gasteiger partial charge in [-0.05, 0) is 50.3 Å². The zero-order valence-electron chi connectivity index (χ0n) is 16.9. The molecule has 26 heavy (non-hydrogen) atoms. The van der Waals surface area contributed by atoms with E-state index in [1.165, 1.54) is 33.4 Å². The third-order valence-electron chi connectivity index (χ3n) is 4.99. The van der Waals surface area contributed by atoms with Gasteiger partial charge in [-0.3, -0.25) is 0 Å². The van der Waals surface area contributed by atoms with Gasteiger partial charge in [-0.15, -0.1) is 0 Å². The molecule has 0 saturated carbocycles. The fourth-order valence-corrected chi connectivity index (χ4v) is 3.19. The van der Waals surface area contributed by atoms with E-state index in [4.69, 9.17) is 0 Å². The van der Waals surface area contributed by atoms with Crippen molar-refractivity contribution in [3.05, 3.63) is 83.9 Å². The van der Waals surface area contributed by atoms with Gasteiger partial charge in [-0.2, -0.15) is 0 Å². The van der Waals surface area contributed by atoms with Crippen LogP contribution in [0.3, 0.4) is 0 Å². The van der Waals surface area contributed by atoms with Crippen LogP contribution >= 0.6 is 0 Å².